The average molecular weight is 1090 g/mol. The number of ether oxygens (including phenoxy) is 2. The van der Waals surface area contributed by atoms with Crippen LogP contribution in [0.3, 0.4) is 0 Å². The molecular formula is C55H69Cl3N10O7. The molecule has 3 aromatic carbocycles. The van der Waals surface area contributed by atoms with Crippen molar-refractivity contribution in [3.8, 4) is 0 Å². The molecule has 2 aromatic heterocycles. The van der Waals surface area contributed by atoms with Crippen LogP contribution in [-0.2, 0) is 25.7 Å². The Labute approximate surface area is 455 Å². The lowest BCUT2D eigenvalue weighted by Crippen LogP contribution is -2.45. The number of esters is 2. The van der Waals surface area contributed by atoms with Crippen molar-refractivity contribution in [2.45, 2.75) is 78.6 Å². The van der Waals surface area contributed by atoms with Crippen LogP contribution in [0.25, 0.3) is 0 Å². The number of piperazine rings is 2. The van der Waals surface area contributed by atoms with E-state index in [0.717, 1.165) is 55.3 Å². The number of nitrogens with zero attached hydrogens (tertiary/aromatic N) is 9. The lowest BCUT2D eigenvalue weighted by Gasteiger charge is -2.34. The number of methoxy groups -OCH3 is 2. The van der Waals surface area contributed by atoms with E-state index >= 15 is 0 Å². The maximum atomic E-state index is 14.3. The molecule has 2 saturated heterocycles. The molecule has 0 atom stereocenters. The SMILES string of the molecule is CC(C)(C)c1ccc(C(=O)Cl)cc1.COC(=O)c1nc(Cl)c(N2CCN(C)CC2)nc1N.COC(=O)c1nc(Cl)c(N2CCN(C)CC2)nc1N(C(=O)c1ccc(C(C)(C)C)cc1)C(=O)c1ccc(C(C)(C)C)cc1. The summed E-state index contributed by atoms with van der Waals surface area (Å²) in [4.78, 5) is 90.1. The Morgan fingerprint density at radius 2 is 0.827 bits per heavy atom. The molecule has 0 unspecified atom stereocenters. The van der Waals surface area contributed by atoms with Crippen LogP contribution in [0.15, 0.2) is 72.8 Å². The van der Waals surface area contributed by atoms with Crippen LogP contribution in [0.2, 0.25) is 10.3 Å². The zero-order valence-corrected chi connectivity index (χ0v) is 47.4. The Balaban J connectivity index is 0.000000264. The van der Waals surface area contributed by atoms with Gasteiger partial charge in [0.1, 0.15) is 0 Å². The normalized spacial score (nSPS) is 14.4. The van der Waals surface area contributed by atoms with Crippen LogP contribution < -0.4 is 20.4 Å². The van der Waals surface area contributed by atoms with Crippen molar-refractivity contribution in [1.29, 1.82) is 0 Å². The minimum atomic E-state index is -0.869. The molecule has 0 saturated carbocycles. The molecule has 7 rings (SSSR count). The molecule has 17 nitrogen and oxygen atoms in total. The fraction of sp³-hybridized carbons (Fsp3) is 0.436. The maximum Gasteiger partial charge on any atom is 0.360 e. The van der Waals surface area contributed by atoms with Crippen LogP contribution >= 0.6 is 34.8 Å². The van der Waals surface area contributed by atoms with E-state index in [1.807, 2.05) is 53.2 Å². The van der Waals surface area contributed by atoms with Crippen molar-refractivity contribution < 1.29 is 33.4 Å². The number of nitrogen functional groups attached to an aromatic ring is 1. The largest absolute Gasteiger partial charge is 0.464 e. The molecule has 2 fully saturated rings. The van der Waals surface area contributed by atoms with Gasteiger partial charge in [-0.3, -0.25) is 14.4 Å². The summed E-state index contributed by atoms with van der Waals surface area (Å²) in [6.07, 6.45) is 0. The third-order valence-corrected chi connectivity index (χ3v) is 13.4. The minimum absolute atomic E-state index is 0.0161. The quantitative estimate of drug-likeness (QED) is 0.0875. The summed E-state index contributed by atoms with van der Waals surface area (Å²) in [6, 6.07) is 21.5. The molecule has 20 heteroatoms. The van der Waals surface area contributed by atoms with Crippen molar-refractivity contribution >= 4 is 87.1 Å². The summed E-state index contributed by atoms with van der Waals surface area (Å²) in [6.45, 7) is 25.0. The lowest BCUT2D eigenvalue weighted by atomic mass is 9.86. The highest BCUT2D eigenvalue weighted by atomic mass is 35.5. The van der Waals surface area contributed by atoms with E-state index in [0.29, 0.717) is 24.5 Å². The molecule has 0 spiro atoms. The van der Waals surface area contributed by atoms with Gasteiger partial charge in [-0.1, -0.05) is 122 Å². The molecular weight excluding hydrogens is 1020 g/mol. The first-order chi connectivity index (χ1) is 35.0. The van der Waals surface area contributed by atoms with Crippen molar-refractivity contribution in [1.82, 2.24) is 29.7 Å². The summed E-state index contributed by atoms with van der Waals surface area (Å²) in [5.74, 6) is -2.23. The monoisotopic (exact) mass is 1090 g/mol. The first-order valence-electron chi connectivity index (χ1n) is 24.4. The standard InChI is InChI=1S/C33H40ClN5O4.C11H16ClN5O2.C11H13ClO/c1-32(2,3)23-13-9-21(10-14-23)29(40)39(30(41)22-11-15-24(16-12-22)33(4,5)6)27-25(31(42)43-8)35-26(34)28(36-27)38-19-17-37(7)18-20-38;1-16-3-5-17(6-4-16)10-8(12)14-7(9(13)15-10)11(18)19-2;1-11(2,3)9-6-4-8(5-7-9)10(12)13/h9-16H,17-20H2,1-8H3;3-6H2,1-2H3,(H2,13,15);4-7H,1-3H3. The lowest BCUT2D eigenvalue weighted by molar-refractivity contribution is 0.0585. The zero-order valence-electron chi connectivity index (χ0n) is 45.2. The van der Waals surface area contributed by atoms with Crippen molar-refractivity contribution in [3.05, 3.63) is 128 Å². The third kappa shape index (κ3) is 15.4. The Morgan fingerprint density at radius 3 is 1.16 bits per heavy atom. The number of nitrogens with two attached hydrogens (primary N) is 1. The van der Waals surface area contributed by atoms with Gasteiger partial charge >= 0.3 is 11.9 Å². The van der Waals surface area contributed by atoms with Crippen molar-refractivity contribution in [3.63, 3.8) is 0 Å². The number of likely N-dealkylation sites (N-methyl/N-ethyl adjacent to an activating group) is 2. The number of imide groups is 1. The number of halogens is 3. The molecule has 0 aliphatic carbocycles. The highest BCUT2D eigenvalue weighted by Gasteiger charge is 2.35. The second kappa shape index (κ2) is 25.1. The molecule has 2 aliphatic heterocycles. The number of rotatable bonds is 8. The molecule has 2 amide bonds. The van der Waals surface area contributed by atoms with E-state index in [1.54, 1.807) is 36.4 Å². The summed E-state index contributed by atoms with van der Waals surface area (Å²) >= 11 is 18.0. The minimum Gasteiger partial charge on any atom is -0.464 e. The molecule has 2 aliphatic rings. The third-order valence-electron chi connectivity index (χ3n) is 12.6. The van der Waals surface area contributed by atoms with Gasteiger partial charge in [-0.25, -0.2) is 34.4 Å². The van der Waals surface area contributed by atoms with E-state index in [-0.39, 0.29) is 66.5 Å². The molecule has 75 heavy (non-hydrogen) atoms. The molecule has 2 N–H and O–H groups in total. The van der Waals surface area contributed by atoms with E-state index in [9.17, 15) is 24.0 Å². The smallest absolute Gasteiger partial charge is 0.360 e. The van der Waals surface area contributed by atoms with Gasteiger partial charge in [-0.05, 0) is 95.0 Å². The predicted molar refractivity (Wildman–Crippen MR) is 297 cm³/mol. The fourth-order valence-corrected chi connectivity index (χ4v) is 8.38. The van der Waals surface area contributed by atoms with E-state index in [1.165, 1.54) is 19.8 Å². The van der Waals surface area contributed by atoms with Gasteiger partial charge in [0.15, 0.2) is 45.0 Å². The van der Waals surface area contributed by atoms with Gasteiger partial charge in [0.2, 0.25) is 0 Å². The molecule has 402 valence electrons. The second-order valence-electron chi connectivity index (χ2n) is 21.3. The van der Waals surface area contributed by atoms with Crippen LogP contribution in [0.4, 0.5) is 23.3 Å². The van der Waals surface area contributed by atoms with Crippen molar-refractivity contribution in [2.75, 3.05) is 101 Å². The van der Waals surface area contributed by atoms with Gasteiger partial charge in [-0.2, -0.15) is 0 Å². The van der Waals surface area contributed by atoms with Gasteiger partial charge in [-0.15, -0.1) is 0 Å². The number of anilines is 4. The topological polar surface area (TPSA) is 198 Å². The van der Waals surface area contributed by atoms with Crippen LogP contribution in [0.5, 0.6) is 0 Å². The Hall–Kier alpha value is -6.24. The fourth-order valence-electron chi connectivity index (χ4n) is 7.76. The summed E-state index contributed by atoms with van der Waals surface area (Å²) in [7, 11) is 6.52. The van der Waals surface area contributed by atoms with Crippen LogP contribution in [-0.4, -0.2) is 139 Å². The highest BCUT2D eigenvalue weighted by Crippen LogP contribution is 2.33. The summed E-state index contributed by atoms with van der Waals surface area (Å²) < 4.78 is 9.56. The van der Waals surface area contributed by atoms with E-state index < -0.39 is 29.0 Å². The molecule has 0 bridgehead atoms. The Bertz CT molecular complexity index is 2760. The molecule has 4 heterocycles. The number of carbonyl (C=O) groups excluding carboxylic acids is 5. The summed E-state index contributed by atoms with van der Waals surface area (Å²) in [5.41, 5.74) is 9.51. The number of benzene rings is 3. The average Bonchev–Trinajstić information content (AvgIpc) is 3.37. The number of hydrogen-bond donors (Lipinski definition) is 1. The van der Waals surface area contributed by atoms with Crippen molar-refractivity contribution in [2.24, 2.45) is 0 Å². The van der Waals surface area contributed by atoms with E-state index in [4.69, 9.17) is 50.3 Å². The predicted octanol–water partition coefficient (Wildman–Crippen LogP) is 9.36. The van der Waals surface area contributed by atoms with Crippen LogP contribution in [0, 0.1) is 0 Å². The molecule has 5 aromatic rings. The first-order valence-corrected chi connectivity index (χ1v) is 25.5. The van der Waals surface area contributed by atoms with Gasteiger partial charge in [0, 0.05) is 69.0 Å². The second-order valence-corrected chi connectivity index (χ2v) is 22.4. The van der Waals surface area contributed by atoms with Crippen LogP contribution in [0.1, 0.15) is 131 Å². The molecule has 0 radical (unpaired) electrons. The van der Waals surface area contributed by atoms with Gasteiger partial charge in [0.05, 0.1) is 14.2 Å². The first kappa shape index (κ1) is 59.6. The number of amides is 2. The Morgan fingerprint density at radius 1 is 0.507 bits per heavy atom. The highest BCUT2D eigenvalue weighted by molar-refractivity contribution is 6.67. The number of aromatic nitrogens is 4. The zero-order chi connectivity index (χ0) is 55.7. The number of hydrogen-bond acceptors (Lipinski definition) is 16. The van der Waals surface area contributed by atoms with E-state index in [2.05, 4.69) is 98.8 Å². The van der Waals surface area contributed by atoms with Gasteiger partial charge < -0.3 is 34.8 Å². The number of carbonyl (C=O) groups is 5. The Kier molecular flexibility index (Phi) is 19.9. The summed E-state index contributed by atoms with van der Waals surface area (Å²) in [5, 5.41) is -0.253. The van der Waals surface area contributed by atoms with Gasteiger partial charge in [0.25, 0.3) is 17.1 Å². The maximum absolute atomic E-state index is 14.3.